The van der Waals surface area contributed by atoms with Crippen molar-refractivity contribution in [1.82, 2.24) is 5.32 Å². The minimum atomic E-state index is 0.289. The van der Waals surface area contributed by atoms with Crippen molar-refractivity contribution in [3.8, 4) is 0 Å². The van der Waals surface area contributed by atoms with E-state index < -0.39 is 0 Å². The van der Waals surface area contributed by atoms with E-state index in [0.29, 0.717) is 0 Å². The van der Waals surface area contributed by atoms with Crippen LogP contribution in [-0.2, 0) is 0 Å². The number of halogens is 2. The molecule has 1 N–H and O–H groups in total. The lowest BCUT2D eigenvalue weighted by atomic mass is 10.1. The van der Waals surface area contributed by atoms with Gasteiger partial charge in [-0.05, 0) is 43.8 Å². The molecule has 0 saturated carbocycles. The Morgan fingerprint density at radius 3 is 2.32 bits per heavy atom. The van der Waals surface area contributed by atoms with E-state index in [1.54, 1.807) is 11.8 Å². The summed E-state index contributed by atoms with van der Waals surface area (Å²) < 4.78 is 0. The second-order valence-electron chi connectivity index (χ2n) is 4.23. The fraction of sp³-hybridized carbons (Fsp3) is 0.200. The van der Waals surface area contributed by atoms with Gasteiger partial charge in [-0.2, -0.15) is 0 Å². The minimum Gasteiger partial charge on any atom is -0.313 e. The van der Waals surface area contributed by atoms with Gasteiger partial charge in [-0.1, -0.05) is 53.2 Å². The van der Waals surface area contributed by atoms with Crippen molar-refractivity contribution in [1.29, 1.82) is 0 Å². The lowest BCUT2D eigenvalue weighted by Gasteiger charge is -2.13. The normalized spacial score (nSPS) is 12.4. The standard InChI is InChI=1S/C15H15Cl2NS/c1-10(18-2)11-7-8-15(13(17)9-11)19-14-6-4-3-5-12(14)16/h3-10,18H,1-2H3. The Morgan fingerprint density at radius 2 is 1.68 bits per heavy atom. The van der Waals surface area contributed by atoms with Crippen molar-refractivity contribution in [2.24, 2.45) is 0 Å². The summed E-state index contributed by atoms with van der Waals surface area (Å²) in [6.45, 7) is 2.10. The van der Waals surface area contributed by atoms with Crippen LogP contribution in [0.4, 0.5) is 0 Å². The van der Waals surface area contributed by atoms with E-state index in [1.807, 2.05) is 43.4 Å². The van der Waals surface area contributed by atoms with Crippen LogP contribution in [0.1, 0.15) is 18.5 Å². The fourth-order valence-corrected chi connectivity index (χ4v) is 3.08. The van der Waals surface area contributed by atoms with E-state index in [9.17, 15) is 0 Å². The smallest absolute Gasteiger partial charge is 0.0548 e. The molecule has 4 heteroatoms. The molecule has 0 aliphatic heterocycles. The van der Waals surface area contributed by atoms with Gasteiger partial charge in [-0.3, -0.25) is 0 Å². The Balaban J connectivity index is 2.25. The van der Waals surface area contributed by atoms with Crippen LogP contribution in [0, 0.1) is 0 Å². The van der Waals surface area contributed by atoms with Crippen LogP contribution in [0.15, 0.2) is 52.3 Å². The first-order valence-corrected chi connectivity index (χ1v) is 7.58. The molecule has 1 atom stereocenters. The van der Waals surface area contributed by atoms with E-state index in [1.165, 1.54) is 5.56 Å². The third-order valence-corrected chi connectivity index (χ3v) is 4.96. The van der Waals surface area contributed by atoms with Gasteiger partial charge >= 0.3 is 0 Å². The first-order valence-electron chi connectivity index (χ1n) is 6.01. The zero-order valence-electron chi connectivity index (χ0n) is 10.8. The SMILES string of the molecule is CNC(C)c1ccc(Sc2ccccc2Cl)c(Cl)c1. The molecule has 100 valence electrons. The van der Waals surface area contributed by atoms with Gasteiger partial charge in [0.15, 0.2) is 0 Å². The van der Waals surface area contributed by atoms with Gasteiger partial charge in [0.1, 0.15) is 0 Å². The van der Waals surface area contributed by atoms with E-state index >= 15 is 0 Å². The topological polar surface area (TPSA) is 12.0 Å². The lowest BCUT2D eigenvalue weighted by molar-refractivity contribution is 0.652. The molecule has 1 nitrogen and oxygen atoms in total. The highest BCUT2D eigenvalue weighted by Gasteiger charge is 2.09. The molecule has 2 rings (SSSR count). The molecule has 0 bridgehead atoms. The number of hydrogen-bond donors (Lipinski definition) is 1. The lowest BCUT2D eigenvalue weighted by Crippen LogP contribution is -2.12. The molecule has 0 aliphatic carbocycles. The first kappa shape index (κ1) is 14.7. The predicted octanol–water partition coefficient (Wildman–Crippen LogP) is 5.43. The molecule has 0 spiro atoms. The van der Waals surface area contributed by atoms with Gasteiger partial charge in [0, 0.05) is 15.8 Å². The maximum atomic E-state index is 6.34. The predicted molar refractivity (Wildman–Crippen MR) is 84.5 cm³/mol. The first-order chi connectivity index (χ1) is 9.11. The summed E-state index contributed by atoms with van der Waals surface area (Å²) in [5, 5.41) is 4.70. The molecule has 0 aromatic heterocycles. The molecule has 0 saturated heterocycles. The summed E-state index contributed by atoms with van der Waals surface area (Å²) >= 11 is 14.1. The van der Waals surface area contributed by atoms with E-state index in [4.69, 9.17) is 23.2 Å². The summed E-state index contributed by atoms with van der Waals surface area (Å²) in [5.74, 6) is 0. The quantitative estimate of drug-likeness (QED) is 0.808. The molecular formula is C15H15Cl2NS. The third-order valence-electron chi connectivity index (χ3n) is 2.95. The van der Waals surface area contributed by atoms with E-state index in [2.05, 4.69) is 18.3 Å². The molecular weight excluding hydrogens is 297 g/mol. The average Bonchev–Trinajstić information content (AvgIpc) is 2.42. The average molecular weight is 312 g/mol. The van der Waals surface area contributed by atoms with Crippen molar-refractivity contribution < 1.29 is 0 Å². The van der Waals surface area contributed by atoms with Crippen LogP contribution in [0.3, 0.4) is 0 Å². The summed E-state index contributed by atoms with van der Waals surface area (Å²) in [7, 11) is 1.94. The van der Waals surface area contributed by atoms with Crippen molar-refractivity contribution in [2.45, 2.75) is 22.8 Å². The van der Waals surface area contributed by atoms with E-state index in [-0.39, 0.29) is 6.04 Å². The summed E-state index contributed by atoms with van der Waals surface area (Å²) in [6.07, 6.45) is 0. The van der Waals surface area contributed by atoms with Crippen molar-refractivity contribution in [2.75, 3.05) is 7.05 Å². The maximum Gasteiger partial charge on any atom is 0.0548 e. The fourth-order valence-electron chi connectivity index (χ4n) is 1.68. The van der Waals surface area contributed by atoms with Gasteiger partial charge < -0.3 is 5.32 Å². The zero-order valence-corrected chi connectivity index (χ0v) is 13.1. The van der Waals surface area contributed by atoms with Crippen LogP contribution in [0.25, 0.3) is 0 Å². The van der Waals surface area contributed by atoms with Crippen LogP contribution < -0.4 is 5.32 Å². The summed E-state index contributed by atoms with van der Waals surface area (Å²) in [4.78, 5) is 2.03. The molecule has 0 fully saturated rings. The molecule has 2 aromatic carbocycles. The molecule has 0 amide bonds. The number of hydrogen-bond acceptors (Lipinski definition) is 2. The molecule has 0 heterocycles. The van der Waals surface area contributed by atoms with E-state index in [0.717, 1.165) is 19.8 Å². The van der Waals surface area contributed by atoms with Crippen LogP contribution in [0.2, 0.25) is 10.0 Å². The molecule has 19 heavy (non-hydrogen) atoms. The van der Waals surface area contributed by atoms with Crippen LogP contribution >= 0.6 is 35.0 Å². The summed E-state index contributed by atoms with van der Waals surface area (Å²) in [6, 6.07) is 14.2. The van der Waals surface area contributed by atoms with Gasteiger partial charge in [0.2, 0.25) is 0 Å². The van der Waals surface area contributed by atoms with Gasteiger partial charge in [-0.15, -0.1) is 0 Å². The summed E-state index contributed by atoms with van der Waals surface area (Å²) in [5.41, 5.74) is 1.18. The van der Waals surface area contributed by atoms with Crippen LogP contribution in [0.5, 0.6) is 0 Å². The zero-order chi connectivity index (χ0) is 13.8. The Labute approximate surface area is 128 Å². The highest BCUT2D eigenvalue weighted by Crippen LogP contribution is 2.37. The number of rotatable bonds is 4. The molecule has 0 radical (unpaired) electrons. The second-order valence-corrected chi connectivity index (χ2v) is 6.13. The largest absolute Gasteiger partial charge is 0.313 e. The Kier molecular flexibility index (Phi) is 5.17. The van der Waals surface area contributed by atoms with Crippen molar-refractivity contribution in [3.63, 3.8) is 0 Å². The molecule has 0 aliphatic rings. The minimum absolute atomic E-state index is 0.289. The number of benzene rings is 2. The Hall–Kier alpha value is -0.670. The van der Waals surface area contributed by atoms with Crippen LogP contribution in [-0.4, -0.2) is 7.05 Å². The number of nitrogens with one attached hydrogen (secondary N) is 1. The van der Waals surface area contributed by atoms with Crippen molar-refractivity contribution in [3.05, 3.63) is 58.1 Å². The second kappa shape index (κ2) is 6.67. The third kappa shape index (κ3) is 3.67. The van der Waals surface area contributed by atoms with Gasteiger partial charge in [0.05, 0.1) is 10.0 Å². The monoisotopic (exact) mass is 311 g/mol. The highest BCUT2D eigenvalue weighted by atomic mass is 35.5. The molecule has 2 aromatic rings. The maximum absolute atomic E-state index is 6.34. The molecule has 1 unspecified atom stereocenters. The highest BCUT2D eigenvalue weighted by molar-refractivity contribution is 7.99. The van der Waals surface area contributed by atoms with Gasteiger partial charge in [0.25, 0.3) is 0 Å². The van der Waals surface area contributed by atoms with Crippen molar-refractivity contribution >= 4 is 35.0 Å². The Bertz CT molecular complexity index is 572. The Morgan fingerprint density at radius 1 is 1.00 bits per heavy atom. The van der Waals surface area contributed by atoms with Gasteiger partial charge in [-0.25, -0.2) is 0 Å².